The molecular formula is C11H17O2PSi. The van der Waals surface area contributed by atoms with Gasteiger partial charge in [0, 0.05) is 6.16 Å². The largest absolute Gasteiger partial charge is 0.350 e. The van der Waals surface area contributed by atoms with Gasteiger partial charge in [0.25, 0.3) is 0 Å². The molecule has 0 spiro atoms. The Morgan fingerprint density at radius 3 is 2.40 bits per heavy atom. The zero-order valence-corrected chi connectivity index (χ0v) is 10.8. The van der Waals surface area contributed by atoms with Crippen LogP contribution in [0.5, 0.6) is 0 Å². The van der Waals surface area contributed by atoms with E-state index in [-0.39, 0.29) is 0 Å². The lowest BCUT2D eigenvalue weighted by molar-refractivity contribution is 0.484. The SMILES string of the molecule is C=C[Si](C)(CCP(O)O)c1ccccc1. The van der Waals surface area contributed by atoms with Crippen molar-refractivity contribution in [1.82, 2.24) is 0 Å². The molecule has 15 heavy (non-hydrogen) atoms. The van der Waals surface area contributed by atoms with Crippen molar-refractivity contribution in [1.29, 1.82) is 0 Å². The van der Waals surface area contributed by atoms with Gasteiger partial charge in [0.15, 0.2) is 8.38 Å². The molecule has 82 valence electrons. The Labute approximate surface area is 93.2 Å². The van der Waals surface area contributed by atoms with Gasteiger partial charge in [-0.05, 0) is 6.04 Å². The van der Waals surface area contributed by atoms with Crippen LogP contribution in [0.1, 0.15) is 0 Å². The molecule has 2 N–H and O–H groups in total. The fourth-order valence-electron chi connectivity index (χ4n) is 1.52. The third-order valence-corrected chi connectivity index (χ3v) is 7.60. The predicted octanol–water partition coefficient (Wildman–Crippen LogP) is 1.99. The van der Waals surface area contributed by atoms with Crippen LogP contribution in [0.2, 0.25) is 12.6 Å². The molecule has 1 unspecified atom stereocenters. The van der Waals surface area contributed by atoms with E-state index >= 15 is 0 Å². The van der Waals surface area contributed by atoms with Crippen LogP contribution in [0, 0.1) is 0 Å². The molecule has 1 aromatic rings. The third kappa shape index (κ3) is 3.54. The standard InChI is InChI=1S/C11H17O2PSi/c1-3-15(2,10-9-14(12)13)11-7-5-4-6-8-11/h3-8,12-13H,1,9-10H2,2H3. The van der Waals surface area contributed by atoms with Crippen LogP contribution in [-0.4, -0.2) is 24.0 Å². The Morgan fingerprint density at radius 1 is 1.33 bits per heavy atom. The lowest BCUT2D eigenvalue weighted by Crippen LogP contribution is -2.43. The van der Waals surface area contributed by atoms with Gasteiger partial charge in [-0.2, -0.15) is 0 Å². The first-order valence-corrected chi connectivity index (χ1v) is 9.14. The molecule has 0 amide bonds. The van der Waals surface area contributed by atoms with Gasteiger partial charge in [-0.25, -0.2) is 0 Å². The normalized spacial score (nSPS) is 14.9. The molecule has 0 heterocycles. The average molecular weight is 240 g/mol. The maximum Gasteiger partial charge on any atom is 0.164 e. The summed E-state index contributed by atoms with van der Waals surface area (Å²) in [6, 6.07) is 11.1. The highest BCUT2D eigenvalue weighted by atomic mass is 31.2. The summed E-state index contributed by atoms with van der Waals surface area (Å²) in [7, 11) is -3.48. The van der Waals surface area contributed by atoms with Crippen molar-refractivity contribution in [2.24, 2.45) is 0 Å². The molecule has 0 radical (unpaired) electrons. The van der Waals surface area contributed by atoms with Crippen LogP contribution in [0.15, 0.2) is 42.6 Å². The first kappa shape index (κ1) is 12.6. The molecule has 1 atom stereocenters. The molecule has 4 heteroatoms. The van der Waals surface area contributed by atoms with Gasteiger partial charge < -0.3 is 9.79 Å². The highest BCUT2D eigenvalue weighted by Gasteiger charge is 2.26. The molecule has 0 aliphatic heterocycles. The third-order valence-electron chi connectivity index (χ3n) is 2.71. The highest BCUT2D eigenvalue weighted by molar-refractivity contribution is 7.45. The molecule has 0 fully saturated rings. The fourth-order valence-corrected chi connectivity index (χ4v) is 5.86. The molecular weight excluding hydrogens is 223 g/mol. The summed E-state index contributed by atoms with van der Waals surface area (Å²) in [5, 5.41) is 1.30. The molecule has 0 saturated heterocycles. The van der Waals surface area contributed by atoms with E-state index in [1.165, 1.54) is 5.19 Å². The van der Waals surface area contributed by atoms with Gasteiger partial charge in [-0.1, -0.05) is 47.8 Å². The number of hydrogen-bond acceptors (Lipinski definition) is 2. The van der Waals surface area contributed by atoms with E-state index in [4.69, 9.17) is 9.79 Å². The van der Waals surface area contributed by atoms with Crippen LogP contribution < -0.4 is 5.19 Å². The maximum absolute atomic E-state index is 8.97. The predicted molar refractivity (Wildman–Crippen MR) is 68.9 cm³/mol. The van der Waals surface area contributed by atoms with Gasteiger partial charge >= 0.3 is 0 Å². The maximum atomic E-state index is 8.97. The second-order valence-corrected chi connectivity index (χ2v) is 9.35. The topological polar surface area (TPSA) is 40.5 Å². The second kappa shape index (κ2) is 5.57. The van der Waals surface area contributed by atoms with E-state index in [1.54, 1.807) is 0 Å². The summed E-state index contributed by atoms with van der Waals surface area (Å²) in [5.74, 6) is 0. The van der Waals surface area contributed by atoms with E-state index in [2.05, 4.69) is 25.3 Å². The van der Waals surface area contributed by atoms with E-state index in [1.807, 2.05) is 23.9 Å². The van der Waals surface area contributed by atoms with E-state index in [0.717, 1.165) is 6.04 Å². The van der Waals surface area contributed by atoms with Crippen LogP contribution in [0.4, 0.5) is 0 Å². The van der Waals surface area contributed by atoms with Crippen molar-refractivity contribution in [3.05, 3.63) is 42.6 Å². The van der Waals surface area contributed by atoms with Crippen LogP contribution in [-0.2, 0) is 0 Å². The van der Waals surface area contributed by atoms with Crippen LogP contribution >= 0.6 is 8.38 Å². The summed E-state index contributed by atoms with van der Waals surface area (Å²) in [4.78, 5) is 17.9. The Kier molecular flexibility index (Phi) is 4.67. The fraction of sp³-hybridized carbons (Fsp3) is 0.273. The molecule has 1 aromatic carbocycles. The smallest absolute Gasteiger partial charge is 0.164 e. The molecule has 0 saturated carbocycles. The summed E-state index contributed by atoms with van der Waals surface area (Å²) in [6.45, 7) is 6.10. The van der Waals surface area contributed by atoms with E-state index in [9.17, 15) is 0 Å². The average Bonchev–Trinajstić information content (AvgIpc) is 2.27. The summed E-state index contributed by atoms with van der Waals surface area (Å²) >= 11 is 0. The Balaban J connectivity index is 2.81. The minimum atomic E-state index is -1.77. The van der Waals surface area contributed by atoms with Gasteiger partial charge in [0.2, 0.25) is 0 Å². The minimum absolute atomic E-state index is 0.485. The van der Waals surface area contributed by atoms with Crippen molar-refractivity contribution < 1.29 is 9.79 Å². The lowest BCUT2D eigenvalue weighted by Gasteiger charge is -2.24. The van der Waals surface area contributed by atoms with E-state index < -0.39 is 16.4 Å². The van der Waals surface area contributed by atoms with Crippen molar-refractivity contribution in [3.63, 3.8) is 0 Å². The summed E-state index contributed by atoms with van der Waals surface area (Å²) in [5.41, 5.74) is 2.02. The monoisotopic (exact) mass is 240 g/mol. The molecule has 0 aromatic heterocycles. The molecule has 0 aliphatic carbocycles. The van der Waals surface area contributed by atoms with Gasteiger partial charge in [0.05, 0.1) is 0 Å². The molecule has 0 bridgehead atoms. The van der Waals surface area contributed by atoms with Gasteiger partial charge in [-0.15, -0.1) is 6.58 Å². The zero-order chi connectivity index (χ0) is 11.3. The first-order chi connectivity index (χ1) is 7.08. The minimum Gasteiger partial charge on any atom is -0.350 e. The second-order valence-electron chi connectivity index (χ2n) is 3.83. The Hall–Kier alpha value is -0.473. The lowest BCUT2D eigenvalue weighted by atomic mass is 10.4. The number of hydrogen-bond donors (Lipinski definition) is 2. The number of rotatable bonds is 5. The van der Waals surface area contributed by atoms with Crippen LogP contribution in [0.25, 0.3) is 0 Å². The Bertz CT molecular complexity index is 316. The first-order valence-electron chi connectivity index (χ1n) is 4.93. The van der Waals surface area contributed by atoms with E-state index in [0.29, 0.717) is 6.16 Å². The quantitative estimate of drug-likeness (QED) is 0.610. The summed E-state index contributed by atoms with van der Waals surface area (Å²) < 4.78 is 0. The van der Waals surface area contributed by atoms with Crippen molar-refractivity contribution in [2.45, 2.75) is 12.6 Å². The van der Waals surface area contributed by atoms with Gasteiger partial charge in [-0.3, -0.25) is 0 Å². The number of benzene rings is 1. The molecule has 0 aliphatic rings. The van der Waals surface area contributed by atoms with Crippen molar-refractivity contribution >= 4 is 21.6 Å². The van der Waals surface area contributed by atoms with Crippen molar-refractivity contribution in [3.8, 4) is 0 Å². The van der Waals surface area contributed by atoms with Crippen LogP contribution in [0.3, 0.4) is 0 Å². The summed E-state index contributed by atoms with van der Waals surface area (Å²) in [6.07, 6.45) is 0.485. The molecule has 1 rings (SSSR count). The molecule has 2 nitrogen and oxygen atoms in total. The zero-order valence-electron chi connectivity index (χ0n) is 8.93. The van der Waals surface area contributed by atoms with Gasteiger partial charge in [0.1, 0.15) is 8.07 Å². The van der Waals surface area contributed by atoms with Crippen molar-refractivity contribution in [2.75, 3.05) is 6.16 Å². The highest BCUT2D eigenvalue weighted by Crippen LogP contribution is 2.27. The Morgan fingerprint density at radius 2 is 1.93 bits per heavy atom.